The third-order valence-corrected chi connectivity index (χ3v) is 5.83. The molecule has 1 amide bonds. The highest BCUT2D eigenvalue weighted by molar-refractivity contribution is 7.92. The molecule has 21 heavy (non-hydrogen) atoms. The summed E-state index contributed by atoms with van der Waals surface area (Å²) in [5.41, 5.74) is 0. The second-order valence-corrected chi connectivity index (χ2v) is 8.47. The number of sulfone groups is 1. The molecule has 118 valence electrons. The van der Waals surface area contributed by atoms with Crippen molar-refractivity contribution in [3.8, 4) is 0 Å². The average molecular weight is 316 g/mol. The molecular weight excluding hydrogens is 296 g/mol. The monoisotopic (exact) mass is 316 g/mol. The average Bonchev–Trinajstić information content (AvgIpc) is 3.04. The maximum Gasteiger partial charge on any atom is 0.292 e. The number of hydrogen-bond acceptors (Lipinski definition) is 7. The molecule has 8 nitrogen and oxygen atoms in total. The standard InChI is InChI=1S/C12H20N4O4S/c1-12(2,21(3,18)19)7-14-10(17)9-15-11(20-16-9)8-5-4-6-13-8/h8,13H,4-7H2,1-3H3,(H,14,17). The van der Waals surface area contributed by atoms with Gasteiger partial charge in [-0.1, -0.05) is 5.16 Å². The van der Waals surface area contributed by atoms with E-state index in [9.17, 15) is 13.2 Å². The van der Waals surface area contributed by atoms with Crippen molar-refractivity contribution in [2.45, 2.75) is 37.5 Å². The predicted molar refractivity (Wildman–Crippen MR) is 75.5 cm³/mol. The topological polar surface area (TPSA) is 114 Å². The van der Waals surface area contributed by atoms with Crippen molar-refractivity contribution in [3.05, 3.63) is 11.7 Å². The summed E-state index contributed by atoms with van der Waals surface area (Å²) in [4.78, 5) is 16.0. The van der Waals surface area contributed by atoms with Gasteiger partial charge in [-0.15, -0.1) is 0 Å². The van der Waals surface area contributed by atoms with Crippen LogP contribution in [0.2, 0.25) is 0 Å². The van der Waals surface area contributed by atoms with Crippen LogP contribution in [0.4, 0.5) is 0 Å². The highest BCUT2D eigenvalue weighted by Gasteiger charge is 2.31. The first-order valence-electron chi connectivity index (χ1n) is 6.75. The Morgan fingerprint density at radius 2 is 2.24 bits per heavy atom. The molecule has 1 atom stereocenters. The maximum atomic E-state index is 11.9. The van der Waals surface area contributed by atoms with E-state index < -0.39 is 20.5 Å². The summed E-state index contributed by atoms with van der Waals surface area (Å²) < 4.78 is 27.2. The van der Waals surface area contributed by atoms with Gasteiger partial charge in [-0.2, -0.15) is 4.98 Å². The number of nitrogens with zero attached hydrogens (tertiary/aromatic N) is 2. The quantitative estimate of drug-likeness (QED) is 0.788. The third-order valence-electron chi connectivity index (χ3n) is 3.68. The molecule has 1 aliphatic rings. The van der Waals surface area contributed by atoms with E-state index in [0.717, 1.165) is 25.6 Å². The summed E-state index contributed by atoms with van der Waals surface area (Å²) in [6, 6.07) is -0.00786. The molecule has 0 spiro atoms. The highest BCUT2D eigenvalue weighted by Crippen LogP contribution is 2.21. The third kappa shape index (κ3) is 3.59. The lowest BCUT2D eigenvalue weighted by atomic mass is 10.2. The summed E-state index contributed by atoms with van der Waals surface area (Å²) in [5.74, 6) is -0.234. The predicted octanol–water partition coefficient (Wildman–Crippen LogP) is 0.0471. The van der Waals surface area contributed by atoms with Crippen LogP contribution in [0.15, 0.2) is 4.52 Å². The van der Waals surface area contributed by atoms with E-state index in [2.05, 4.69) is 20.8 Å². The number of aromatic nitrogens is 2. The summed E-state index contributed by atoms with van der Waals surface area (Å²) in [7, 11) is -3.28. The van der Waals surface area contributed by atoms with Gasteiger partial charge in [-0.3, -0.25) is 4.79 Å². The van der Waals surface area contributed by atoms with Crippen molar-refractivity contribution < 1.29 is 17.7 Å². The van der Waals surface area contributed by atoms with E-state index >= 15 is 0 Å². The van der Waals surface area contributed by atoms with Crippen molar-refractivity contribution in [1.29, 1.82) is 0 Å². The molecule has 0 bridgehead atoms. The minimum atomic E-state index is -3.28. The summed E-state index contributed by atoms with van der Waals surface area (Å²) in [6.07, 6.45) is 3.05. The van der Waals surface area contributed by atoms with Crippen LogP contribution >= 0.6 is 0 Å². The molecular formula is C12H20N4O4S. The van der Waals surface area contributed by atoms with Crippen molar-refractivity contribution in [2.75, 3.05) is 19.3 Å². The van der Waals surface area contributed by atoms with Crippen molar-refractivity contribution in [1.82, 2.24) is 20.8 Å². The Balaban J connectivity index is 1.98. The Labute approximate surface area is 123 Å². The molecule has 2 rings (SSSR count). The van der Waals surface area contributed by atoms with E-state index in [1.54, 1.807) is 13.8 Å². The molecule has 1 aromatic rings. The van der Waals surface area contributed by atoms with Gasteiger partial charge in [0.25, 0.3) is 11.7 Å². The van der Waals surface area contributed by atoms with E-state index in [1.807, 2.05) is 0 Å². The Morgan fingerprint density at radius 1 is 1.52 bits per heavy atom. The van der Waals surface area contributed by atoms with Crippen molar-refractivity contribution in [2.24, 2.45) is 0 Å². The lowest BCUT2D eigenvalue weighted by Gasteiger charge is -2.22. The zero-order valence-corrected chi connectivity index (χ0v) is 13.2. The van der Waals surface area contributed by atoms with Crippen LogP contribution < -0.4 is 10.6 Å². The van der Waals surface area contributed by atoms with Crippen LogP contribution in [-0.2, 0) is 9.84 Å². The molecule has 1 aromatic heterocycles. The fraction of sp³-hybridized carbons (Fsp3) is 0.750. The van der Waals surface area contributed by atoms with Crippen LogP contribution in [0.3, 0.4) is 0 Å². The first kappa shape index (κ1) is 15.9. The lowest BCUT2D eigenvalue weighted by Crippen LogP contribution is -2.44. The van der Waals surface area contributed by atoms with Crippen LogP contribution in [0.1, 0.15) is 49.2 Å². The molecule has 0 saturated carbocycles. The van der Waals surface area contributed by atoms with Gasteiger partial charge < -0.3 is 15.2 Å². The molecule has 1 unspecified atom stereocenters. The Kier molecular flexibility index (Phi) is 4.33. The number of carbonyl (C=O) groups excluding carboxylic acids is 1. The minimum absolute atomic E-state index is 0.00786. The number of nitrogens with one attached hydrogen (secondary N) is 2. The molecule has 0 radical (unpaired) electrons. The van der Waals surface area contributed by atoms with E-state index in [4.69, 9.17) is 4.52 Å². The summed E-state index contributed by atoms with van der Waals surface area (Å²) in [5, 5.41) is 9.36. The number of carbonyl (C=O) groups is 1. The highest BCUT2D eigenvalue weighted by atomic mass is 32.2. The first-order chi connectivity index (χ1) is 9.71. The van der Waals surface area contributed by atoms with Crippen molar-refractivity contribution in [3.63, 3.8) is 0 Å². The zero-order chi connectivity index (χ0) is 15.7. The van der Waals surface area contributed by atoms with Crippen LogP contribution in [0.25, 0.3) is 0 Å². The normalized spacial score (nSPS) is 19.7. The number of amides is 1. The lowest BCUT2D eigenvalue weighted by molar-refractivity contribution is 0.0937. The van der Waals surface area contributed by atoms with Gasteiger partial charge in [0.1, 0.15) is 0 Å². The molecule has 1 fully saturated rings. The fourth-order valence-corrected chi connectivity index (χ4v) is 2.20. The van der Waals surface area contributed by atoms with Gasteiger partial charge >= 0.3 is 0 Å². The van der Waals surface area contributed by atoms with Gasteiger partial charge in [-0.05, 0) is 33.2 Å². The molecule has 1 saturated heterocycles. The van der Waals surface area contributed by atoms with Crippen molar-refractivity contribution >= 4 is 15.7 Å². The van der Waals surface area contributed by atoms with Crippen LogP contribution in [-0.4, -0.2) is 48.6 Å². The first-order valence-corrected chi connectivity index (χ1v) is 8.65. The maximum absolute atomic E-state index is 11.9. The largest absolute Gasteiger partial charge is 0.348 e. The van der Waals surface area contributed by atoms with E-state index in [0.29, 0.717) is 5.89 Å². The second-order valence-electron chi connectivity index (χ2n) is 5.82. The van der Waals surface area contributed by atoms with Gasteiger partial charge in [0.2, 0.25) is 5.89 Å². The van der Waals surface area contributed by atoms with E-state index in [1.165, 1.54) is 0 Å². The Morgan fingerprint density at radius 3 is 2.81 bits per heavy atom. The second kappa shape index (κ2) is 5.72. The smallest absolute Gasteiger partial charge is 0.292 e. The molecule has 1 aliphatic heterocycles. The van der Waals surface area contributed by atoms with Crippen LogP contribution in [0.5, 0.6) is 0 Å². The Hall–Kier alpha value is -1.48. The zero-order valence-electron chi connectivity index (χ0n) is 12.3. The minimum Gasteiger partial charge on any atom is -0.348 e. The van der Waals surface area contributed by atoms with Gasteiger partial charge in [0.15, 0.2) is 9.84 Å². The molecule has 9 heteroatoms. The van der Waals surface area contributed by atoms with Gasteiger partial charge in [0.05, 0.1) is 10.8 Å². The molecule has 2 N–H and O–H groups in total. The fourth-order valence-electron chi connectivity index (χ4n) is 1.87. The Bertz CT molecular complexity index is 617. The van der Waals surface area contributed by atoms with Crippen LogP contribution in [0, 0.1) is 0 Å². The number of rotatable bonds is 5. The van der Waals surface area contributed by atoms with Gasteiger partial charge in [-0.25, -0.2) is 8.42 Å². The molecule has 0 aromatic carbocycles. The number of hydrogen-bond donors (Lipinski definition) is 2. The van der Waals surface area contributed by atoms with Gasteiger partial charge in [0, 0.05) is 12.8 Å². The van der Waals surface area contributed by atoms with E-state index in [-0.39, 0.29) is 18.4 Å². The summed E-state index contributed by atoms with van der Waals surface area (Å²) in [6.45, 7) is 3.97. The SMILES string of the molecule is CC(C)(CNC(=O)c1noc(C2CCCN2)n1)S(C)(=O)=O. The molecule has 2 heterocycles. The summed E-state index contributed by atoms with van der Waals surface area (Å²) >= 11 is 0. The molecule has 0 aliphatic carbocycles.